The zero-order valence-electron chi connectivity index (χ0n) is 11.0. The Labute approximate surface area is 105 Å². The van der Waals surface area contributed by atoms with Crippen molar-refractivity contribution in [2.75, 3.05) is 12.3 Å². The molecule has 0 aliphatic heterocycles. The van der Waals surface area contributed by atoms with E-state index in [0.29, 0.717) is 18.9 Å². The number of nitrogens with two attached hydrogens (primary N) is 1. The van der Waals surface area contributed by atoms with Crippen molar-refractivity contribution in [3.8, 4) is 0 Å². The second kappa shape index (κ2) is 6.16. The normalized spacial score (nSPS) is 20.7. The van der Waals surface area contributed by atoms with E-state index in [9.17, 15) is 8.42 Å². The number of hydrogen-bond donors (Lipinski definition) is 2. The number of rotatable bonds is 6. The molecule has 0 aromatic heterocycles. The summed E-state index contributed by atoms with van der Waals surface area (Å²) in [5.41, 5.74) is 5.41. The van der Waals surface area contributed by atoms with Gasteiger partial charge in [0.05, 0.1) is 5.75 Å². The molecule has 1 fully saturated rings. The van der Waals surface area contributed by atoms with Crippen molar-refractivity contribution >= 4 is 10.0 Å². The molecule has 0 unspecified atom stereocenters. The fourth-order valence-electron chi connectivity index (χ4n) is 2.35. The van der Waals surface area contributed by atoms with Crippen molar-refractivity contribution in [3.05, 3.63) is 0 Å². The molecule has 4 nitrogen and oxygen atoms in total. The van der Waals surface area contributed by atoms with Crippen molar-refractivity contribution in [1.29, 1.82) is 0 Å². The first-order valence-corrected chi connectivity index (χ1v) is 8.26. The van der Waals surface area contributed by atoms with Crippen molar-refractivity contribution in [2.45, 2.75) is 57.9 Å². The Hall–Kier alpha value is -0.130. The third-order valence-electron chi connectivity index (χ3n) is 3.54. The lowest BCUT2D eigenvalue weighted by atomic mass is 9.83. The van der Waals surface area contributed by atoms with E-state index in [1.807, 2.05) is 13.8 Å². The van der Waals surface area contributed by atoms with Gasteiger partial charge in [0.25, 0.3) is 0 Å². The molecular weight excluding hydrogens is 236 g/mol. The molecule has 5 heteroatoms. The summed E-state index contributed by atoms with van der Waals surface area (Å²) in [7, 11) is -3.18. The lowest BCUT2D eigenvalue weighted by Gasteiger charge is -2.36. The third kappa shape index (κ3) is 4.94. The minimum Gasteiger partial charge on any atom is -0.329 e. The Morgan fingerprint density at radius 2 is 1.82 bits per heavy atom. The summed E-state index contributed by atoms with van der Waals surface area (Å²) >= 11 is 0. The highest BCUT2D eigenvalue weighted by Gasteiger charge is 2.34. The minimum atomic E-state index is -3.18. The van der Waals surface area contributed by atoms with E-state index in [-0.39, 0.29) is 11.3 Å². The van der Waals surface area contributed by atoms with Gasteiger partial charge in [-0.2, -0.15) is 0 Å². The molecule has 0 radical (unpaired) electrons. The highest BCUT2D eigenvalue weighted by Crippen LogP contribution is 2.28. The molecule has 1 saturated carbocycles. The fourth-order valence-corrected chi connectivity index (χ4v) is 4.18. The Bertz CT molecular complexity index is 319. The number of hydrogen-bond acceptors (Lipinski definition) is 3. The van der Waals surface area contributed by atoms with Crippen LogP contribution in [-0.4, -0.2) is 26.3 Å². The average Bonchev–Trinajstić information content (AvgIpc) is 2.27. The molecule has 0 spiro atoms. The smallest absolute Gasteiger partial charge is 0.212 e. The zero-order valence-corrected chi connectivity index (χ0v) is 11.9. The molecule has 0 aromatic carbocycles. The fraction of sp³-hybridized carbons (Fsp3) is 1.00. The molecule has 1 aliphatic rings. The van der Waals surface area contributed by atoms with Gasteiger partial charge in [-0.3, -0.25) is 0 Å². The topological polar surface area (TPSA) is 72.2 Å². The van der Waals surface area contributed by atoms with Crippen LogP contribution < -0.4 is 10.5 Å². The van der Waals surface area contributed by atoms with Crippen LogP contribution in [0.25, 0.3) is 0 Å². The molecule has 0 atom stereocenters. The van der Waals surface area contributed by atoms with Crippen molar-refractivity contribution < 1.29 is 8.42 Å². The average molecular weight is 262 g/mol. The van der Waals surface area contributed by atoms with Gasteiger partial charge in [0, 0.05) is 12.1 Å². The molecule has 0 saturated heterocycles. The van der Waals surface area contributed by atoms with Crippen LogP contribution in [0.1, 0.15) is 52.4 Å². The molecular formula is C12H26N2O2S. The first kappa shape index (κ1) is 14.9. The maximum atomic E-state index is 12.0. The quantitative estimate of drug-likeness (QED) is 0.764. The van der Waals surface area contributed by atoms with Crippen LogP contribution in [0.2, 0.25) is 0 Å². The molecule has 3 N–H and O–H groups in total. The lowest BCUT2D eigenvalue weighted by Crippen LogP contribution is -2.55. The molecule has 1 rings (SSSR count). The summed E-state index contributed by atoms with van der Waals surface area (Å²) in [5, 5.41) is 0. The Morgan fingerprint density at radius 1 is 1.24 bits per heavy atom. The Morgan fingerprint density at radius 3 is 2.29 bits per heavy atom. The maximum absolute atomic E-state index is 12.0. The van der Waals surface area contributed by atoms with E-state index in [1.165, 1.54) is 6.42 Å². The van der Waals surface area contributed by atoms with Gasteiger partial charge in [-0.05, 0) is 25.2 Å². The number of sulfonamides is 1. The van der Waals surface area contributed by atoms with Gasteiger partial charge in [0.15, 0.2) is 0 Å². The van der Waals surface area contributed by atoms with Crippen molar-refractivity contribution in [1.82, 2.24) is 4.72 Å². The monoisotopic (exact) mass is 262 g/mol. The van der Waals surface area contributed by atoms with E-state index in [4.69, 9.17) is 5.73 Å². The van der Waals surface area contributed by atoms with E-state index < -0.39 is 10.0 Å². The van der Waals surface area contributed by atoms with Crippen LogP contribution in [0, 0.1) is 5.92 Å². The van der Waals surface area contributed by atoms with Crippen LogP contribution >= 0.6 is 0 Å². The van der Waals surface area contributed by atoms with Gasteiger partial charge in [-0.25, -0.2) is 13.1 Å². The predicted molar refractivity (Wildman–Crippen MR) is 71.2 cm³/mol. The van der Waals surface area contributed by atoms with E-state index in [0.717, 1.165) is 25.7 Å². The largest absolute Gasteiger partial charge is 0.329 e. The van der Waals surface area contributed by atoms with Crippen LogP contribution in [0.4, 0.5) is 0 Å². The van der Waals surface area contributed by atoms with Gasteiger partial charge in [-0.15, -0.1) is 0 Å². The summed E-state index contributed by atoms with van der Waals surface area (Å²) in [5.74, 6) is 0.624. The summed E-state index contributed by atoms with van der Waals surface area (Å²) in [6.45, 7) is 4.48. The van der Waals surface area contributed by atoms with Crippen molar-refractivity contribution in [3.63, 3.8) is 0 Å². The summed E-state index contributed by atoms with van der Waals surface area (Å²) in [6.07, 6.45) is 5.80. The van der Waals surface area contributed by atoms with E-state index in [1.54, 1.807) is 0 Å². The van der Waals surface area contributed by atoms with Gasteiger partial charge in [0.2, 0.25) is 10.0 Å². The van der Waals surface area contributed by atoms with Gasteiger partial charge < -0.3 is 5.73 Å². The highest BCUT2D eigenvalue weighted by molar-refractivity contribution is 7.89. The van der Waals surface area contributed by atoms with Gasteiger partial charge in [0.1, 0.15) is 0 Å². The highest BCUT2D eigenvalue weighted by atomic mass is 32.2. The molecule has 0 aromatic rings. The summed E-state index contributed by atoms with van der Waals surface area (Å²) < 4.78 is 26.9. The SMILES string of the molecule is CC(C)CCS(=O)(=O)NC1(CN)CCCCC1. The van der Waals surface area contributed by atoms with Crippen molar-refractivity contribution in [2.24, 2.45) is 11.7 Å². The molecule has 0 heterocycles. The third-order valence-corrected chi connectivity index (χ3v) is 5.05. The Kier molecular flexibility index (Phi) is 5.41. The van der Waals surface area contributed by atoms with Gasteiger partial charge >= 0.3 is 0 Å². The first-order chi connectivity index (χ1) is 7.89. The maximum Gasteiger partial charge on any atom is 0.212 e. The molecule has 1 aliphatic carbocycles. The molecule has 17 heavy (non-hydrogen) atoms. The summed E-state index contributed by atoms with van der Waals surface area (Å²) in [4.78, 5) is 0. The predicted octanol–water partition coefficient (Wildman–Crippen LogP) is 1.61. The zero-order chi connectivity index (χ0) is 12.9. The van der Waals surface area contributed by atoms with Crippen LogP contribution in [0.3, 0.4) is 0 Å². The second-order valence-electron chi connectivity index (χ2n) is 5.65. The number of nitrogens with one attached hydrogen (secondary N) is 1. The summed E-state index contributed by atoms with van der Waals surface area (Å²) in [6, 6.07) is 0. The van der Waals surface area contributed by atoms with Crippen LogP contribution in [0.5, 0.6) is 0 Å². The van der Waals surface area contributed by atoms with E-state index in [2.05, 4.69) is 4.72 Å². The van der Waals surface area contributed by atoms with Gasteiger partial charge in [-0.1, -0.05) is 33.1 Å². The minimum absolute atomic E-state index is 0.215. The molecule has 0 amide bonds. The Balaban J connectivity index is 2.60. The van der Waals surface area contributed by atoms with Crippen LogP contribution in [-0.2, 0) is 10.0 Å². The second-order valence-corrected chi connectivity index (χ2v) is 7.49. The first-order valence-electron chi connectivity index (χ1n) is 6.61. The molecule has 102 valence electrons. The standard InChI is InChI=1S/C12H26N2O2S/c1-11(2)6-9-17(15,16)14-12(10-13)7-4-3-5-8-12/h11,14H,3-10,13H2,1-2H3. The van der Waals surface area contributed by atoms with E-state index >= 15 is 0 Å². The van der Waals surface area contributed by atoms with Crippen LogP contribution in [0.15, 0.2) is 0 Å². The molecule has 0 bridgehead atoms. The lowest BCUT2D eigenvalue weighted by molar-refractivity contribution is 0.276.